The van der Waals surface area contributed by atoms with Gasteiger partial charge in [-0.05, 0) is 125 Å². The third-order valence-corrected chi connectivity index (χ3v) is 12.5. The molecule has 254 valence electrons. The first-order chi connectivity index (χ1) is 22.9. The number of ether oxygens (including phenoxy) is 2. The first kappa shape index (κ1) is 31.8. The van der Waals surface area contributed by atoms with Gasteiger partial charge in [0.1, 0.15) is 0 Å². The number of nitrogens with zero attached hydrogens (tertiary/aromatic N) is 2. The van der Waals surface area contributed by atoms with Crippen molar-refractivity contribution in [1.82, 2.24) is 15.1 Å². The maximum absolute atomic E-state index is 13.4. The van der Waals surface area contributed by atoms with E-state index in [1.807, 2.05) is 30.3 Å². The molecule has 4 bridgehead atoms. The van der Waals surface area contributed by atoms with Crippen molar-refractivity contribution in [2.24, 2.45) is 23.7 Å². The summed E-state index contributed by atoms with van der Waals surface area (Å²) in [7, 11) is 0. The van der Waals surface area contributed by atoms with Crippen LogP contribution in [0.2, 0.25) is 0 Å². The number of rotatable bonds is 9. The van der Waals surface area contributed by atoms with Crippen molar-refractivity contribution in [2.45, 2.75) is 108 Å². The van der Waals surface area contributed by atoms with Crippen LogP contribution in [0, 0.1) is 23.7 Å². The fourth-order valence-electron chi connectivity index (χ4n) is 10.6. The van der Waals surface area contributed by atoms with E-state index in [-0.39, 0.29) is 36.3 Å². The minimum Gasteiger partial charge on any atom is -0.392 e. The van der Waals surface area contributed by atoms with E-state index < -0.39 is 6.29 Å². The number of anilines is 1. The fourth-order valence-corrected chi connectivity index (χ4v) is 10.6. The van der Waals surface area contributed by atoms with Crippen LogP contribution in [0.3, 0.4) is 0 Å². The van der Waals surface area contributed by atoms with Crippen LogP contribution in [0.4, 0.5) is 10.5 Å². The van der Waals surface area contributed by atoms with Crippen molar-refractivity contribution in [3.8, 4) is 0 Å². The number of aliphatic hydroxyl groups excluding tert-OH is 1. The summed E-state index contributed by atoms with van der Waals surface area (Å²) in [6, 6.07) is 16.7. The van der Waals surface area contributed by atoms with E-state index in [9.17, 15) is 9.90 Å². The summed E-state index contributed by atoms with van der Waals surface area (Å²) in [6.45, 7) is 7.90. The van der Waals surface area contributed by atoms with Gasteiger partial charge >= 0.3 is 6.03 Å². The molecule has 3 aliphatic heterocycles. The molecule has 47 heavy (non-hydrogen) atoms. The van der Waals surface area contributed by atoms with Crippen molar-refractivity contribution < 1.29 is 19.4 Å². The SMILES string of the molecule is CC1C(CN2CCCC2CN2CCCC2)OC(c2cccc(NC(=O)NC34CC5CC(CC(C5)C3)C4)c2)OC1c1ccc(CO)cc1. The Kier molecular flexibility index (Phi) is 9.08. The summed E-state index contributed by atoms with van der Waals surface area (Å²) in [5, 5.41) is 16.3. The zero-order chi connectivity index (χ0) is 32.0. The molecule has 9 rings (SSSR count). The normalized spacial score (nSPS) is 37.0. The van der Waals surface area contributed by atoms with Crippen LogP contribution in [-0.4, -0.2) is 71.3 Å². The molecular weight excluding hydrogens is 588 g/mol. The molecule has 5 unspecified atom stereocenters. The average Bonchev–Trinajstić information content (AvgIpc) is 3.74. The van der Waals surface area contributed by atoms with Crippen molar-refractivity contribution >= 4 is 11.7 Å². The highest BCUT2D eigenvalue weighted by Crippen LogP contribution is 2.55. The smallest absolute Gasteiger partial charge is 0.319 e. The molecule has 4 saturated carbocycles. The van der Waals surface area contributed by atoms with E-state index in [4.69, 9.17) is 9.47 Å². The average molecular weight is 643 g/mol. The minimum atomic E-state index is -0.550. The van der Waals surface area contributed by atoms with Gasteiger partial charge in [0.2, 0.25) is 0 Å². The summed E-state index contributed by atoms with van der Waals surface area (Å²) in [5.74, 6) is 2.49. The lowest BCUT2D eigenvalue weighted by Gasteiger charge is -2.56. The number of carbonyl (C=O) groups excluding carboxylic acids is 1. The minimum absolute atomic E-state index is 0.00792. The predicted molar refractivity (Wildman–Crippen MR) is 183 cm³/mol. The Bertz CT molecular complexity index is 1360. The van der Waals surface area contributed by atoms with Crippen LogP contribution >= 0.6 is 0 Å². The topological polar surface area (TPSA) is 86.3 Å². The number of carbonyl (C=O) groups is 1. The lowest BCUT2D eigenvalue weighted by Crippen LogP contribution is -2.60. The molecule has 7 aliphatic rings. The van der Waals surface area contributed by atoms with Gasteiger partial charge in [-0.1, -0.05) is 43.3 Å². The van der Waals surface area contributed by atoms with Crippen LogP contribution in [-0.2, 0) is 16.1 Å². The lowest BCUT2D eigenvalue weighted by atomic mass is 9.53. The van der Waals surface area contributed by atoms with Gasteiger partial charge < -0.3 is 30.1 Å². The molecule has 2 aromatic carbocycles. The van der Waals surface area contributed by atoms with Gasteiger partial charge in [0, 0.05) is 41.8 Å². The molecule has 5 atom stereocenters. The standard InChI is InChI=1S/C39H54N4O4/c1-26-35(24-43-15-5-8-34(43)23-42-13-2-3-14-42)46-37(47-36(26)31-11-9-27(25-44)10-12-31)32-6-4-7-33(19-32)40-38(45)41-39-20-28-16-29(21-39)18-30(17-28)22-39/h4,6-7,9-12,19,26,28-30,34-37,44H,2-3,5,8,13-18,20-25H2,1H3,(H2,40,41,45). The molecule has 8 heteroatoms. The Morgan fingerprint density at radius 3 is 2.32 bits per heavy atom. The van der Waals surface area contributed by atoms with Crippen LogP contribution in [0.15, 0.2) is 48.5 Å². The fraction of sp³-hybridized carbons (Fsp3) is 0.667. The summed E-state index contributed by atoms with van der Waals surface area (Å²) >= 11 is 0. The Labute approximate surface area is 280 Å². The second-order valence-corrected chi connectivity index (χ2v) is 16.0. The van der Waals surface area contributed by atoms with Crippen LogP contribution in [0.1, 0.15) is 100 Å². The zero-order valence-electron chi connectivity index (χ0n) is 28.1. The van der Waals surface area contributed by atoms with Gasteiger partial charge in [0.05, 0.1) is 18.8 Å². The summed E-state index contributed by atoms with van der Waals surface area (Å²) in [6.07, 6.45) is 11.9. The number of nitrogens with one attached hydrogen (secondary N) is 2. The van der Waals surface area contributed by atoms with Crippen molar-refractivity contribution in [3.63, 3.8) is 0 Å². The van der Waals surface area contributed by atoms with E-state index in [1.54, 1.807) is 0 Å². The second kappa shape index (κ2) is 13.4. The number of benzene rings is 2. The molecule has 0 radical (unpaired) electrons. The molecule has 3 N–H and O–H groups in total. The number of aliphatic hydroxyl groups is 1. The highest BCUT2D eigenvalue weighted by Gasteiger charge is 2.51. The molecular formula is C39H54N4O4. The van der Waals surface area contributed by atoms with Crippen LogP contribution < -0.4 is 10.6 Å². The van der Waals surface area contributed by atoms with E-state index in [0.29, 0.717) is 6.04 Å². The Morgan fingerprint density at radius 1 is 0.894 bits per heavy atom. The highest BCUT2D eigenvalue weighted by molar-refractivity contribution is 5.90. The van der Waals surface area contributed by atoms with E-state index >= 15 is 0 Å². The summed E-state index contributed by atoms with van der Waals surface area (Å²) < 4.78 is 13.7. The van der Waals surface area contributed by atoms with Crippen molar-refractivity contribution in [2.75, 3.05) is 38.0 Å². The molecule has 8 nitrogen and oxygen atoms in total. The molecule has 2 amide bonds. The van der Waals surface area contributed by atoms with E-state index in [0.717, 1.165) is 79.0 Å². The molecule has 0 spiro atoms. The van der Waals surface area contributed by atoms with Crippen molar-refractivity contribution in [3.05, 3.63) is 65.2 Å². The molecule has 0 aromatic heterocycles. The summed E-state index contributed by atoms with van der Waals surface area (Å²) in [5.41, 5.74) is 3.65. The quantitative estimate of drug-likeness (QED) is 0.285. The monoisotopic (exact) mass is 642 g/mol. The van der Waals surface area contributed by atoms with Crippen molar-refractivity contribution in [1.29, 1.82) is 0 Å². The predicted octanol–water partition coefficient (Wildman–Crippen LogP) is 6.62. The number of likely N-dealkylation sites (tertiary alicyclic amines) is 2. The van der Waals surface area contributed by atoms with E-state index in [1.165, 1.54) is 58.0 Å². The third kappa shape index (κ3) is 6.86. The van der Waals surface area contributed by atoms with Crippen LogP contribution in [0.25, 0.3) is 0 Å². The number of amides is 2. The van der Waals surface area contributed by atoms with Gasteiger partial charge in [-0.25, -0.2) is 4.79 Å². The van der Waals surface area contributed by atoms with Gasteiger partial charge in [0.25, 0.3) is 0 Å². The van der Waals surface area contributed by atoms with Gasteiger partial charge in [-0.3, -0.25) is 4.90 Å². The maximum Gasteiger partial charge on any atom is 0.319 e. The number of urea groups is 1. The van der Waals surface area contributed by atoms with Crippen LogP contribution in [0.5, 0.6) is 0 Å². The molecule has 3 saturated heterocycles. The third-order valence-electron chi connectivity index (χ3n) is 12.5. The van der Waals surface area contributed by atoms with Gasteiger partial charge in [-0.2, -0.15) is 0 Å². The molecule has 2 aromatic rings. The van der Waals surface area contributed by atoms with E-state index in [2.05, 4.69) is 45.6 Å². The lowest BCUT2D eigenvalue weighted by molar-refractivity contribution is -0.276. The number of hydrogen-bond acceptors (Lipinski definition) is 6. The highest BCUT2D eigenvalue weighted by atomic mass is 16.7. The Morgan fingerprint density at radius 2 is 1.62 bits per heavy atom. The Hall–Kier alpha value is -2.49. The molecule has 4 aliphatic carbocycles. The second-order valence-electron chi connectivity index (χ2n) is 16.0. The number of hydrogen-bond donors (Lipinski definition) is 3. The largest absolute Gasteiger partial charge is 0.392 e. The van der Waals surface area contributed by atoms with Gasteiger partial charge in [0.15, 0.2) is 6.29 Å². The zero-order valence-corrected chi connectivity index (χ0v) is 28.1. The Balaban J connectivity index is 0.987. The first-order valence-electron chi connectivity index (χ1n) is 18.6. The molecule has 7 fully saturated rings. The maximum atomic E-state index is 13.4. The summed E-state index contributed by atoms with van der Waals surface area (Å²) in [4.78, 5) is 18.7. The first-order valence-corrected chi connectivity index (χ1v) is 18.6. The van der Waals surface area contributed by atoms with Gasteiger partial charge in [-0.15, -0.1) is 0 Å². The molecule has 3 heterocycles.